The van der Waals surface area contributed by atoms with Gasteiger partial charge in [-0.25, -0.2) is 9.18 Å². The summed E-state index contributed by atoms with van der Waals surface area (Å²) >= 11 is 5.84. The van der Waals surface area contributed by atoms with Gasteiger partial charge in [0.25, 0.3) is 0 Å². The third kappa shape index (κ3) is 3.27. The van der Waals surface area contributed by atoms with E-state index in [1.54, 1.807) is 30.3 Å². The molecule has 0 spiro atoms. The van der Waals surface area contributed by atoms with Gasteiger partial charge in [-0.15, -0.1) is 0 Å². The third-order valence-corrected chi connectivity index (χ3v) is 2.92. The number of ether oxygens (including phenoxy) is 2. The van der Waals surface area contributed by atoms with E-state index in [0.717, 1.165) is 0 Å². The van der Waals surface area contributed by atoms with E-state index >= 15 is 0 Å². The highest BCUT2D eigenvalue weighted by Gasteiger charge is 2.14. The maximum absolute atomic E-state index is 13.5. The van der Waals surface area contributed by atoms with E-state index in [2.05, 4.69) is 4.74 Å². The number of hydrogen-bond acceptors (Lipinski definition) is 3. The molecule has 0 bridgehead atoms. The van der Waals surface area contributed by atoms with Crippen LogP contribution in [0.5, 0.6) is 5.75 Å². The summed E-state index contributed by atoms with van der Waals surface area (Å²) in [4.78, 5) is 11.6. The van der Waals surface area contributed by atoms with E-state index in [1.165, 1.54) is 19.2 Å². The van der Waals surface area contributed by atoms with Crippen molar-refractivity contribution in [1.82, 2.24) is 0 Å². The second-order valence-electron chi connectivity index (χ2n) is 4.01. The zero-order valence-electron chi connectivity index (χ0n) is 10.7. The van der Waals surface area contributed by atoms with Gasteiger partial charge in [0.05, 0.1) is 7.11 Å². The lowest BCUT2D eigenvalue weighted by molar-refractivity contribution is 0.0595. The molecule has 0 saturated heterocycles. The minimum Gasteiger partial charge on any atom is -0.488 e. The van der Waals surface area contributed by atoms with Crippen LogP contribution in [0, 0.1) is 5.82 Å². The van der Waals surface area contributed by atoms with Crippen molar-refractivity contribution >= 4 is 17.6 Å². The summed E-state index contributed by atoms with van der Waals surface area (Å²) in [7, 11) is 1.27. The Labute approximate surface area is 120 Å². The van der Waals surface area contributed by atoms with Crippen molar-refractivity contribution in [1.29, 1.82) is 0 Å². The zero-order valence-corrected chi connectivity index (χ0v) is 11.5. The minimum atomic E-state index is -0.559. The van der Waals surface area contributed by atoms with Crippen LogP contribution in [0.25, 0.3) is 0 Å². The van der Waals surface area contributed by atoms with Crippen molar-refractivity contribution in [3.63, 3.8) is 0 Å². The van der Waals surface area contributed by atoms with Gasteiger partial charge >= 0.3 is 5.97 Å². The molecular weight excluding hydrogens is 283 g/mol. The maximum Gasteiger partial charge on any atom is 0.341 e. The topological polar surface area (TPSA) is 35.5 Å². The Balaban J connectivity index is 2.21. The molecule has 104 valence electrons. The summed E-state index contributed by atoms with van der Waals surface area (Å²) in [5.41, 5.74) is 0.606. The monoisotopic (exact) mass is 294 g/mol. The van der Waals surface area contributed by atoms with Crippen molar-refractivity contribution in [2.24, 2.45) is 0 Å². The quantitative estimate of drug-likeness (QED) is 0.804. The van der Waals surface area contributed by atoms with Crippen LogP contribution in [0.3, 0.4) is 0 Å². The van der Waals surface area contributed by atoms with Crippen LogP contribution in [0.15, 0.2) is 42.5 Å². The van der Waals surface area contributed by atoms with Gasteiger partial charge in [-0.05, 0) is 24.3 Å². The van der Waals surface area contributed by atoms with Crippen molar-refractivity contribution in [2.45, 2.75) is 6.61 Å². The molecule has 2 rings (SSSR count). The van der Waals surface area contributed by atoms with Gasteiger partial charge in [0.15, 0.2) is 0 Å². The lowest BCUT2D eigenvalue weighted by Gasteiger charge is -2.11. The van der Waals surface area contributed by atoms with E-state index < -0.39 is 5.97 Å². The smallest absolute Gasteiger partial charge is 0.341 e. The number of halogens is 2. The van der Waals surface area contributed by atoms with Crippen molar-refractivity contribution in [3.8, 4) is 5.75 Å². The Kier molecular flexibility index (Phi) is 4.58. The predicted molar refractivity (Wildman–Crippen MR) is 73.5 cm³/mol. The van der Waals surface area contributed by atoms with Crippen molar-refractivity contribution < 1.29 is 18.7 Å². The van der Waals surface area contributed by atoms with Gasteiger partial charge in [0.1, 0.15) is 23.7 Å². The minimum absolute atomic E-state index is 0.0122. The molecule has 2 aromatic rings. The number of hydrogen-bond donors (Lipinski definition) is 0. The third-order valence-electron chi connectivity index (χ3n) is 2.69. The first-order chi connectivity index (χ1) is 9.61. The van der Waals surface area contributed by atoms with Crippen molar-refractivity contribution in [3.05, 3.63) is 64.4 Å². The summed E-state index contributed by atoms with van der Waals surface area (Å²) in [6, 6.07) is 10.9. The fourth-order valence-corrected chi connectivity index (χ4v) is 1.84. The number of rotatable bonds is 4. The standard InChI is InChI=1S/C15H12ClFO3/c1-19-15(18)12-8-11(16)6-7-14(12)20-9-10-4-2-3-5-13(10)17/h2-8H,9H2,1H3. The van der Waals surface area contributed by atoms with E-state index in [4.69, 9.17) is 16.3 Å². The molecular formula is C15H12ClFO3. The highest BCUT2D eigenvalue weighted by Crippen LogP contribution is 2.24. The summed E-state index contributed by atoms with van der Waals surface area (Å²) < 4.78 is 23.6. The predicted octanol–water partition coefficient (Wildman–Crippen LogP) is 3.84. The number of methoxy groups -OCH3 is 1. The molecule has 0 aromatic heterocycles. The van der Waals surface area contributed by atoms with E-state index in [9.17, 15) is 9.18 Å². The number of carbonyl (C=O) groups excluding carboxylic acids is 1. The maximum atomic E-state index is 13.5. The van der Waals surface area contributed by atoms with E-state index in [1.807, 2.05) is 0 Å². The number of esters is 1. The largest absolute Gasteiger partial charge is 0.488 e. The van der Waals surface area contributed by atoms with Crippen LogP contribution in [0.1, 0.15) is 15.9 Å². The lowest BCUT2D eigenvalue weighted by Crippen LogP contribution is -2.06. The molecule has 0 atom stereocenters. The second-order valence-corrected chi connectivity index (χ2v) is 4.45. The molecule has 0 saturated carbocycles. The van der Waals surface area contributed by atoms with E-state index in [-0.39, 0.29) is 18.0 Å². The van der Waals surface area contributed by atoms with E-state index in [0.29, 0.717) is 16.3 Å². The summed E-state index contributed by atoms with van der Waals surface area (Å²) in [6.45, 7) is 0.0122. The first-order valence-electron chi connectivity index (χ1n) is 5.86. The average Bonchev–Trinajstić information content (AvgIpc) is 2.46. The van der Waals surface area contributed by atoms with Crippen molar-refractivity contribution in [2.75, 3.05) is 7.11 Å². The average molecular weight is 295 g/mol. The first kappa shape index (κ1) is 14.3. The van der Waals surface area contributed by atoms with Gasteiger partial charge in [-0.1, -0.05) is 29.8 Å². The Bertz CT molecular complexity index is 628. The molecule has 0 radical (unpaired) electrons. The Morgan fingerprint density at radius 2 is 2.00 bits per heavy atom. The molecule has 0 unspecified atom stereocenters. The molecule has 0 fully saturated rings. The van der Waals surface area contributed by atoms with Crippen LogP contribution in [-0.4, -0.2) is 13.1 Å². The van der Waals surface area contributed by atoms with Gasteiger partial charge in [-0.2, -0.15) is 0 Å². The summed E-state index contributed by atoms with van der Waals surface area (Å²) in [5, 5.41) is 0.392. The van der Waals surface area contributed by atoms with Gasteiger partial charge in [0, 0.05) is 10.6 Å². The Morgan fingerprint density at radius 3 is 2.70 bits per heavy atom. The summed E-state index contributed by atoms with van der Waals surface area (Å²) in [6.07, 6.45) is 0. The van der Waals surface area contributed by atoms with Gasteiger partial charge in [-0.3, -0.25) is 0 Å². The second kappa shape index (κ2) is 6.39. The van der Waals surface area contributed by atoms with Crippen LogP contribution in [0.2, 0.25) is 5.02 Å². The molecule has 0 aliphatic carbocycles. The lowest BCUT2D eigenvalue weighted by atomic mass is 10.2. The fourth-order valence-electron chi connectivity index (χ4n) is 1.67. The molecule has 0 aliphatic heterocycles. The summed E-state index contributed by atoms with van der Waals surface area (Å²) in [5.74, 6) is -0.624. The zero-order chi connectivity index (χ0) is 14.5. The van der Waals surface area contributed by atoms with Gasteiger partial charge < -0.3 is 9.47 Å². The van der Waals surface area contributed by atoms with Gasteiger partial charge in [0.2, 0.25) is 0 Å². The van der Waals surface area contributed by atoms with Crippen LogP contribution in [0.4, 0.5) is 4.39 Å². The fraction of sp³-hybridized carbons (Fsp3) is 0.133. The first-order valence-corrected chi connectivity index (χ1v) is 6.23. The molecule has 5 heteroatoms. The van der Waals surface area contributed by atoms with Crippen LogP contribution in [-0.2, 0) is 11.3 Å². The Hall–Kier alpha value is -2.07. The molecule has 0 N–H and O–H groups in total. The molecule has 0 heterocycles. The number of carbonyl (C=O) groups is 1. The normalized spacial score (nSPS) is 10.2. The molecule has 3 nitrogen and oxygen atoms in total. The number of benzene rings is 2. The van der Waals surface area contributed by atoms with Crippen LogP contribution >= 0.6 is 11.6 Å². The van der Waals surface area contributed by atoms with Crippen LogP contribution < -0.4 is 4.74 Å². The highest BCUT2D eigenvalue weighted by atomic mass is 35.5. The SMILES string of the molecule is COC(=O)c1cc(Cl)ccc1OCc1ccccc1F. The Morgan fingerprint density at radius 1 is 1.25 bits per heavy atom. The highest BCUT2D eigenvalue weighted by molar-refractivity contribution is 6.31. The molecule has 20 heavy (non-hydrogen) atoms. The molecule has 2 aromatic carbocycles. The molecule has 0 aliphatic rings. The molecule has 0 amide bonds.